The summed E-state index contributed by atoms with van der Waals surface area (Å²) in [6.45, 7) is 9.17. The van der Waals surface area contributed by atoms with Crippen molar-refractivity contribution < 1.29 is 14.4 Å². The van der Waals surface area contributed by atoms with Crippen molar-refractivity contribution >= 4 is 29.4 Å². The molecule has 1 spiro atoms. The highest BCUT2D eigenvalue weighted by atomic mass is 35.5. The van der Waals surface area contributed by atoms with Gasteiger partial charge < -0.3 is 20.0 Å². The van der Waals surface area contributed by atoms with E-state index < -0.39 is 5.54 Å². The molecule has 3 fully saturated rings. The number of nitrogens with one attached hydrogen (secondary N) is 1. The summed E-state index contributed by atoms with van der Waals surface area (Å²) in [6.07, 6.45) is 4.37. The lowest BCUT2D eigenvalue weighted by atomic mass is 9.84. The molecule has 2 saturated heterocycles. The summed E-state index contributed by atoms with van der Waals surface area (Å²) in [4.78, 5) is 44.6. The van der Waals surface area contributed by atoms with Crippen molar-refractivity contribution in [2.75, 3.05) is 26.2 Å². The van der Waals surface area contributed by atoms with E-state index in [9.17, 15) is 14.4 Å². The van der Waals surface area contributed by atoms with E-state index in [1.807, 2.05) is 32.6 Å². The van der Waals surface area contributed by atoms with Crippen molar-refractivity contribution in [2.45, 2.75) is 82.8 Å². The molecule has 4 amide bonds. The first kappa shape index (κ1) is 22.2. The third kappa shape index (κ3) is 4.49. The first-order valence-electron chi connectivity index (χ1n) is 10.9. The zero-order chi connectivity index (χ0) is 21.3. The zero-order valence-electron chi connectivity index (χ0n) is 18.1. The predicted molar refractivity (Wildman–Crippen MR) is 113 cm³/mol. The molecule has 29 heavy (non-hydrogen) atoms. The minimum atomic E-state index is -0.939. The second-order valence-electron chi connectivity index (χ2n) is 9.46. The third-order valence-electron chi connectivity index (χ3n) is 6.57. The van der Waals surface area contributed by atoms with Gasteiger partial charge in [-0.3, -0.25) is 9.59 Å². The Hall–Kier alpha value is -1.50. The van der Waals surface area contributed by atoms with Gasteiger partial charge in [-0.25, -0.2) is 4.79 Å². The van der Waals surface area contributed by atoms with E-state index in [-0.39, 0.29) is 48.4 Å². The second kappa shape index (κ2) is 8.70. The van der Waals surface area contributed by atoms with Crippen LogP contribution in [0.1, 0.15) is 59.8 Å². The molecule has 0 aromatic carbocycles. The smallest absolute Gasteiger partial charge is 0.317 e. The van der Waals surface area contributed by atoms with Crippen LogP contribution < -0.4 is 5.32 Å². The lowest BCUT2D eigenvalue weighted by Gasteiger charge is -2.49. The van der Waals surface area contributed by atoms with E-state index in [2.05, 4.69) is 5.32 Å². The first-order valence-corrected chi connectivity index (χ1v) is 11.4. The van der Waals surface area contributed by atoms with Gasteiger partial charge in [-0.2, -0.15) is 0 Å². The number of likely N-dealkylation sites (tertiary alicyclic amines) is 1. The normalized spacial score (nSPS) is 30.8. The molecule has 2 heterocycles. The number of nitrogens with zero attached hydrogens (tertiary/aromatic N) is 3. The summed E-state index contributed by atoms with van der Waals surface area (Å²) in [6, 6.07) is -0.186. The van der Waals surface area contributed by atoms with Crippen LogP contribution in [0.4, 0.5) is 4.79 Å². The number of hydrogen-bond acceptors (Lipinski definition) is 3. The Morgan fingerprint density at radius 1 is 1.17 bits per heavy atom. The van der Waals surface area contributed by atoms with Crippen LogP contribution in [0.15, 0.2) is 0 Å². The van der Waals surface area contributed by atoms with E-state index in [1.54, 1.807) is 9.80 Å². The Morgan fingerprint density at radius 3 is 2.41 bits per heavy atom. The summed E-state index contributed by atoms with van der Waals surface area (Å²) in [5.74, 6) is 0.346. The van der Waals surface area contributed by atoms with Crippen LogP contribution in [0.2, 0.25) is 0 Å². The summed E-state index contributed by atoms with van der Waals surface area (Å²) >= 11 is 6.25. The van der Waals surface area contributed by atoms with Crippen molar-refractivity contribution in [2.24, 2.45) is 5.92 Å². The highest BCUT2D eigenvalue weighted by Gasteiger charge is 2.57. The molecule has 8 heteroatoms. The molecule has 1 aliphatic carbocycles. The van der Waals surface area contributed by atoms with Crippen molar-refractivity contribution in [1.29, 1.82) is 0 Å². The molecule has 0 aromatic heterocycles. The van der Waals surface area contributed by atoms with E-state index in [0.717, 1.165) is 25.7 Å². The highest BCUT2D eigenvalue weighted by Crippen LogP contribution is 2.37. The lowest BCUT2D eigenvalue weighted by Crippen LogP contribution is -2.71. The second-order valence-corrected chi connectivity index (χ2v) is 10.1. The molecule has 2 aliphatic heterocycles. The SMILES string of the molecule is CC(C)NC(=O)N1CCC2(C1)C(=O)N(C(C)C)CC(=O)N2CC1CCC(Cl)CC1. The summed E-state index contributed by atoms with van der Waals surface area (Å²) in [5.41, 5.74) is -0.939. The van der Waals surface area contributed by atoms with E-state index >= 15 is 0 Å². The lowest BCUT2D eigenvalue weighted by molar-refractivity contribution is -0.167. The van der Waals surface area contributed by atoms with E-state index in [0.29, 0.717) is 25.4 Å². The zero-order valence-corrected chi connectivity index (χ0v) is 18.9. The maximum absolute atomic E-state index is 13.6. The predicted octanol–water partition coefficient (Wildman–Crippen LogP) is 2.43. The Morgan fingerprint density at radius 2 is 1.83 bits per heavy atom. The van der Waals surface area contributed by atoms with Crippen LogP contribution in [0, 0.1) is 5.92 Å². The number of hydrogen-bond donors (Lipinski definition) is 1. The van der Waals surface area contributed by atoms with Crippen molar-refractivity contribution in [3.8, 4) is 0 Å². The molecule has 0 radical (unpaired) electrons. The Balaban J connectivity index is 1.84. The van der Waals surface area contributed by atoms with Gasteiger partial charge in [0.25, 0.3) is 5.91 Å². The van der Waals surface area contributed by atoms with Gasteiger partial charge in [-0.05, 0) is 65.7 Å². The maximum atomic E-state index is 13.6. The topological polar surface area (TPSA) is 73.0 Å². The van der Waals surface area contributed by atoms with Crippen molar-refractivity contribution in [3.63, 3.8) is 0 Å². The Bertz CT molecular complexity index is 648. The van der Waals surface area contributed by atoms with Crippen molar-refractivity contribution in [1.82, 2.24) is 20.0 Å². The molecule has 3 rings (SSSR count). The van der Waals surface area contributed by atoms with Gasteiger partial charge in [0, 0.05) is 30.6 Å². The van der Waals surface area contributed by atoms with Crippen LogP contribution >= 0.6 is 11.6 Å². The number of alkyl halides is 1. The van der Waals surface area contributed by atoms with Crippen LogP contribution in [-0.4, -0.2) is 81.7 Å². The minimum Gasteiger partial charge on any atom is -0.336 e. The van der Waals surface area contributed by atoms with Gasteiger partial charge in [-0.15, -0.1) is 11.6 Å². The Labute approximate surface area is 179 Å². The van der Waals surface area contributed by atoms with E-state index in [1.165, 1.54) is 0 Å². The molecule has 0 aromatic rings. The minimum absolute atomic E-state index is 0.00239. The van der Waals surface area contributed by atoms with Crippen LogP contribution in [0.5, 0.6) is 0 Å². The molecule has 0 bridgehead atoms. The molecule has 1 atom stereocenters. The van der Waals surface area contributed by atoms with Gasteiger partial charge in [0.1, 0.15) is 12.1 Å². The van der Waals surface area contributed by atoms with Crippen LogP contribution in [0.25, 0.3) is 0 Å². The molecule has 164 valence electrons. The fraction of sp³-hybridized carbons (Fsp3) is 0.857. The van der Waals surface area contributed by atoms with E-state index in [4.69, 9.17) is 11.6 Å². The molecular weight excluding hydrogens is 392 g/mol. The highest BCUT2D eigenvalue weighted by molar-refractivity contribution is 6.20. The third-order valence-corrected chi connectivity index (χ3v) is 7.01. The molecule has 1 N–H and O–H groups in total. The number of carbonyl (C=O) groups is 3. The Kier molecular flexibility index (Phi) is 6.66. The standard InChI is InChI=1S/C21H35ClN4O3/c1-14(2)23-20(29)24-10-9-21(13-24)19(28)25(15(3)4)12-18(27)26(21)11-16-5-7-17(22)8-6-16/h14-17H,5-13H2,1-4H3,(H,23,29). The van der Waals surface area contributed by atoms with Gasteiger partial charge in [0.15, 0.2) is 0 Å². The number of urea groups is 1. The fourth-order valence-electron chi connectivity index (χ4n) is 4.88. The molecule has 7 nitrogen and oxygen atoms in total. The molecule has 3 aliphatic rings. The van der Waals surface area contributed by atoms with Gasteiger partial charge in [-0.1, -0.05) is 0 Å². The number of piperazine rings is 1. The average Bonchev–Trinajstić information content (AvgIpc) is 3.09. The maximum Gasteiger partial charge on any atom is 0.317 e. The number of amides is 4. The summed E-state index contributed by atoms with van der Waals surface area (Å²) < 4.78 is 0. The molecular formula is C21H35ClN4O3. The average molecular weight is 427 g/mol. The number of carbonyl (C=O) groups excluding carboxylic acids is 3. The monoisotopic (exact) mass is 426 g/mol. The number of halogens is 1. The van der Waals surface area contributed by atoms with Gasteiger partial charge in [0.05, 0.1) is 6.54 Å². The van der Waals surface area contributed by atoms with Gasteiger partial charge >= 0.3 is 6.03 Å². The first-order chi connectivity index (χ1) is 13.6. The summed E-state index contributed by atoms with van der Waals surface area (Å²) in [7, 11) is 0. The van der Waals surface area contributed by atoms with Crippen LogP contribution in [-0.2, 0) is 9.59 Å². The molecule has 1 saturated carbocycles. The van der Waals surface area contributed by atoms with Gasteiger partial charge in [0.2, 0.25) is 5.91 Å². The number of rotatable bonds is 4. The largest absolute Gasteiger partial charge is 0.336 e. The van der Waals surface area contributed by atoms with Crippen molar-refractivity contribution in [3.05, 3.63) is 0 Å². The fourth-order valence-corrected chi connectivity index (χ4v) is 5.13. The summed E-state index contributed by atoms with van der Waals surface area (Å²) in [5, 5.41) is 3.13. The molecule has 1 unspecified atom stereocenters. The quantitative estimate of drug-likeness (QED) is 0.701. The van der Waals surface area contributed by atoms with Crippen LogP contribution in [0.3, 0.4) is 0 Å².